The van der Waals surface area contributed by atoms with E-state index in [4.69, 9.17) is 0 Å². The molecule has 2 aliphatic rings. The van der Waals surface area contributed by atoms with Crippen molar-refractivity contribution in [2.24, 2.45) is 0 Å². The molecule has 5 heteroatoms. The maximum Gasteiger partial charge on any atom is 0.315 e. The Labute approximate surface area is 119 Å². The van der Waals surface area contributed by atoms with Crippen LogP contribution in [0.1, 0.15) is 52.4 Å². The van der Waals surface area contributed by atoms with Gasteiger partial charge in [0, 0.05) is 17.4 Å². The molecular formula is C14H24N2O2S. The highest BCUT2D eigenvalue weighted by molar-refractivity contribution is 8.00. The minimum absolute atomic E-state index is 0.0204. The van der Waals surface area contributed by atoms with Gasteiger partial charge in [0.25, 0.3) is 0 Å². The van der Waals surface area contributed by atoms with Crippen molar-refractivity contribution in [3.8, 4) is 0 Å². The van der Waals surface area contributed by atoms with E-state index in [9.17, 15) is 9.59 Å². The quantitative estimate of drug-likeness (QED) is 0.763. The van der Waals surface area contributed by atoms with Crippen LogP contribution in [0.2, 0.25) is 0 Å². The molecular weight excluding hydrogens is 260 g/mol. The van der Waals surface area contributed by atoms with Crippen molar-refractivity contribution in [3.63, 3.8) is 0 Å². The summed E-state index contributed by atoms with van der Waals surface area (Å²) in [5.74, 6) is 1.27. The van der Waals surface area contributed by atoms with E-state index in [-0.39, 0.29) is 17.6 Å². The van der Waals surface area contributed by atoms with Gasteiger partial charge in [-0.15, -0.1) is 0 Å². The Morgan fingerprint density at radius 2 is 2.21 bits per heavy atom. The minimum Gasteiger partial charge on any atom is -0.333 e. The smallest absolute Gasteiger partial charge is 0.315 e. The first kappa shape index (κ1) is 14.7. The van der Waals surface area contributed by atoms with Crippen LogP contribution < -0.4 is 10.6 Å². The second-order valence-electron chi connectivity index (χ2n) is 6.03. The van der Waals surface area contributed by atoms with Crippen LogP contribution in [-0.2, 0) is 4.79 Å². The summed E-state index contributed by atoms with van der Waals surface area (Å²) in [5, 5.41) is 6.76. The van der Waals surface area contributed by atoms with E-state index in [1.54, 1.807) is 6.92 Å². The summed E-state index contributed by atoms with van der Waals surface area (Å²) < 4.78 is 0. The van der Waals surface area contributed by atoms with Gasteiger partial charge in [0.15, 0.2) is 0 Å². The zero-order valence-electron chi connectivity index (χ0n) is 11.8. The maximum absolute atomic E-state index is 11.4. The van der Waals surface area contributed by atoms with E-state index in [0.29, 0.717) is 11.0 Å². The molecule has 0 aromatic rings. The topological polar surface area (TPSA) is 58.2 Å². The number of rotatable bonds is 5. The third-order valence-electron chi connectivity index (χ3n) is 4.17. The molecule has 3 atom stereocenters. The van der Waals surface area contributed by atoms with Gasteiger partial charge < -0.3 is 15.4 Å². The number of unbranched alkanes of at least 4 members (excludes halogenated alkanes) is 1. The predicted octanol–water partition coefficient (Wildman–Crippen LogP) is 2.47. The lowest BCUT2D eigenvalue weighted by atomic mass is 9.92. The van der Waals surface area contributed by atoms with Crippen molar-refractivity contribution in [2.75, 3.05) is 5.75 Å². The Hall–Kier alpha value is -0.710. The standard InChI is InChI=1S/C14H24N2O2S/c1-10(17)5-3-4-6-11-7-8-12-14(2,9-19-11)16-13(18)15-12/h11-12H,3-9H2,1-2H3,(H2,15,16,18)/t11-,12-,14-/m0/s1. The fourth-order valence-corrected chi connectivity index (χ4v) is 4.42. The Bertz CT molecular complexity index is 361. The number of urea groups is 1. The normalized spacial score (nSPS) is 34.1. The molecule has 0 aliphatic carbocycles. The van der Waals surface area contributed by atoms with Gasteiger partial charge in [-0.05, 0) is 39.5 Å². The summed E-state index contributed by atoms with van der Waals surface area (Å²) in [6.07, 6.45) is 6.27. The second-order valence-corrected chi connectivity index (χ2v) is 7.32. The molecule has 0 saturated carbocycles. The van der Waals surface area contributed by atoms with Crippen molar-refractivity contribution in [1.29, 1.82) is 0 Å². The molecule has 2 amide bonds. The Kier molecular flexibility index (Phi) is 4.76. The Morgan fingerprint density at radius 3 is 2.95 bits per heavy atom. The number of nitrogens with one attached hydrogen (secondary N) is 2. The van der Waals surface area contributed by atoms with Crippen LogP contribution in [0.5, 0.6) is 0 Å². The number of fused-ring (bicyclic) bond motifs is 1. The van der Waals surface area contributed by atoms with E-state index in [1.807, 2.05) is 11.8 Å². The van der Waals surface area contributed by atoms with Crippen LogP contribution in [0.25, 0.3) is 0 Å². The van der Waals surface area contributed by atoms with Gasteiger partial charge in [-0.25, -0.2) is 4.79 Å². The number of Topliss-reactive ketones (excluding diaryl/α,β-unsaturated/α-hetero) is 1. The van der Waals surface area contributed by atoms with Crippen molar-refractivity contribution in [3.05, 3.63) is 0 Å². The van der Waals surface area contributed by atoms with Crippen LogP contribution in [0, 0.1) is 0 Å². The second kappa shape index (κ2) is 6.16. The van der Waals surface area contributed by atoms with Crippen LogP contribution >= 0.6 is 11.8 Å². The van der Waals surface area contributed by atoms with Crippen LogP contribution in [0.4, 0.5) is 4.79 Å². The highest BCUT2D eigenvalue weighted by Gasteiger charge is 2.44. The van der Waals surface area contributed by atoms with E-state index in [2.05, 4.69) is 17.6 Å². The molecule has 108 valence electrons. The fraction of sp³-hybridized carbons (Fsp3) is 0.857. The third kappa shape index (κ3) is 3.88. The average molecular weight is 284 g/mol. The van der Waals surface area contributed by atoms with Gasteiger partial charge >= 0.3 is 6.03 Å². The van der Waals surface area contributed by atoms with Gasteiger partial charge in [-0.3, -0.25) is 0 Å². The summed E-state index contributed by atoms with van der Waals surface area (Å²) in [4.78, 5) is 22.3. The molecule has 2 rings (SSSR count). The van der Waals surface area contributed by atoms with E-state index < -0.39 is 0 Å². The molecule has 2 N–H and O–H groups in total. The van der Waals surface area contributed by atoms with Gasteiger partial charge in [-0.1, -0.05) is 6.42 Å². The lowest BCUT2D eigenvalue weighted by Gasteiger charge is -2.27. The summed E-state index contributed by atoms with van der Waals surface area (Å²) in [5.41, 5.74) is -0.0874. The van der Waals surface area contributed by atoms with Crippen LogP contribution in [0.3, 0.4) is 0 Å². The highest BCUT2D eigenvalue weighted by atomic mass is 32.2. The zero-order valence-corrected chi connectivity index (χ0v) is 12.6. The van der Waals surface area contributed by atoms with Gasteiger partial charge in [0.2, 0.25) is 0 Å². The fourth-order valence-electron chi connectivity index (χ4n) is 2.93. The molecule has 2 aliphatic heterocycles. The molecule has 0 spiro atoms. The number of thioether (sulfide) groups is 1. The number of ketones is 1. The number of hydrogen-bond donors (Lipinski definition) is 2. The molecule has 0 bridgehead atoms. The summed E-state index contributed by atoms with van der Waals surface area (Å²) in [6.45, 7) is 3.80. The van der Waals surface area contributed by atoms with Gasteiger partial charge in [-0.2, -0.15) is 11.8 Å². The lowest BCUT2D eigenvalue weighted by Crippen LogP contribution is -2.48. The minimum atomic E-state index is -0.0874. The molecule has 2 heterocycles. The highest BCUT2D eigenvalue weighted by Crippen LogP contribution is 2.35. The maximum atomic E-state index is 11.4. The number of carbonyl (C=O) groups excluding carboxylic acids is 2. The van der Waals surface area contributed by atoms with Crippen LogP contribution in [-0.4, -0.2) is 34.4 Å². The van der Waals surface area contributed by atoms with Crippen molar-refractivity contribution >= 4 is 23.6 Å². The molecule has 19 heavy (non-hydrogen) atoms. The number of carbonyl (C=O) groups is 2. The Balaban J connectivity index is 1.76. The van der Waals surface area contributed by atoms with E-state index >= 15 is 0 Å². The first-order valence-corrected chi connectivity index (χ1v) is 8.24. The summed E-state index contributed by atoms with van der Waals surface area (Å²) in [6, 6.07) is 0.253. The molecule has 0 aromatic carbocycles. The Morgan fingerprint density at radius 1 is 1.42 bits per heavy atom. The molecule has 2 fully saturated rings. The first-order valence-electron chi connectivity index (χ1n) is 7.19. The van der Waals surface area contributed by atoms with Crippen molar-refractivity contribution in [2.45, 2.75) is 69.2 Å². The van der Waals surface area contributed by atoms with E-state index in [1.165, 1.54) is 6.42 Å². The predicted molar refractivity (Wildman–Crippen MR) is 78.5 cm³/mol. The lowest BCUT2D eigenvalue weighted by molar-refractivity contribution is -0.117. The average Bonchev–Trinajstić information content (AvgIpc) is 2.53. The van der Waals surface area contributed by atoms with Crippen molar-refractivity contribution < 1.29 is 9.59 Å². The first-order chi connectivity index (χ1) is 8.99. The number of amides is 2. The monoisotopic (exact) mass is 284 g/mol. The summed E-state index contributed by atoms with van der Waals surface area (Å²) in [7, 11) is 0. The van der Waals surface area contributed by atoms with Gasteiger partial charge in [0.1, 0.15) is 5.78 Å². The van der Waals surface area contributed by atoms with E-state index in [0.717, 1.165) is 37.9 Å². The largest absolute Gasteiger partial charge is 0.333 e. The molecule has 0 unspecified atom stereocenters. The van der Waals surface area contributed by atoms with Gasteiger partial charge in [0.05, 0.1) is 11.6 Å². The molecule has 2 saturated heterocycles. The molecule has 0 radical (unpaired) electrons. The zero-order chi connectivity index (χ0) is 13.9. The van der Waals surface area contributed by atoms with Crippen molar-refractivity contribution in [1.82, 2.24) is 10.6 Å². The summed E-state index contributed by atoms with van der Waals surface area (Å²) >= 11 is 1.98. The third-order valence-corrected chi connectivity index (χ3v) is 5.88. The molecule has 4 nitrogen and oxygen atoms in total. The molecule has 0 aromatic heterocycles. The van der Waals surface area contributed by atoms with Crippen LogP contribution in [0.15, 0.2) is 0 Å². The number of hydrogen-bond acceptors (Lipinski definition) is 3. The SMILES string of the molecule is CC(=O)CCCC[C@H]1CC[C@@H]2NC(=O)N[C@@]2(C)CS1.